The molecule has 1 heterocycles. The maximum Gasteiger partial charge on any atom is 0.229 e. The smallest absolute Gasteiger partial charge is 0.229 e. The summed E-state index contributed by atoms with van der Waals surface area (Å²) in [6, 6.07) is 7.67. The number of nitrogens with zero attached hydrogens (tertiary/aromatic N) is 1. The van der Waals surface area contributed by atoms with Gasteiger partial charge in [-0.1, -0.05) is 17.3 Å². The SMILES string of the molecule is CC(C)Oc1ccc(-c2cnoc2N)cc1. The molecule has 2 aromatic rings. The topological polar surface area (TPSA) is 61.3 Å². The average Bonchev–Trinajstić information content (AvgIpc) is 2.65. The second-order valence-electron chi connectivity index (χ2n) is 3.79. The van der Waals surface area contributed by atoms with Gasteiger partial charge in [-0.15, -0.1) is 0 Å². The summed E-state index contributed by atoms with van der Waals surface area (Å²) < 4.78 is 10.4. The van der Waals surface area contributed by atoms with Crippen molar-refractivity contribution in [1.82, 2.24) is 5.16 Å². The molecule has 0 saturated carbocycles. The summed E-state index contributed by atoms with van der Waals surface area (Å²) in [5.74, 6) is 1.17. The molecule has 2 rings (SSSR count). The molecule has 1 aromatic carbocycles. The van der Waals surface area contributed by atoms with E-state index in [9.17, 15) is 0 Å². The van der Waals surface area contributed by atoms with Crippen molar-refractivity contribution in [2.24, 2.45) is 0 Å². The van der Waals surface area contributed by atoms with Crippen LogP contribution in [0.5, 0.6) is 5.75 Å². The molecule has 16 heavy (non-hydrogen) atoms. The summed E-state index contributed by atoms with van der Waals surface area (Å²) in [4.78, 5) is 0. The number of hydrogen-bond donors (Lipinski definition) is 1. The summed E-state index contributed by atoms with van der Waals surface area (Å²) in [6.45, 7) is 3.98. The van der Waals surface area contributed by atoms with Gasteiger partial charge in [0.25, 0.3) is 0 Å². The van der Waals surface area contributed by atoms with E-state index in [0.29, 0.717) is 5.88 Å². The molecule has 2 N–H and O–H groups in total. The molecule has 0 saturated heterocycles. The van der Waals surface area contributed by atoms with E-state index in [1.54, 1.807) is 6.20 Å². The zero-order chi connectivity index (χ0) is 11.5. The second-order valence-corrected chi connectivity index (χ2v) is 3.79. The first kappa shape index (κ1) is 10.5. The molecule has 1 aromatic heterocycles. The molecule has 0 fully saturated rings. The molecule has 4 heteroatoms. The van der Waals surface area contributed by atoms with E-state index in [-0.39, 0.29) is 6.10 Å². The van der Waals surface area contributed by atoms with Gasteiger partial charge in [0.1, 0.15) is 5.75 Å². The third-order valence-electron chi connectivity index (χ3n) is 2.14. The Labute approximate surface area is 94.0 Å². The molecule has 0 amide bonds. The molecule has 0 atom stereocenters. The van der Waals surface area contributed by atoms with E-state index >= 15 is 0 Å². The lowest BCUT2D eigenvalue weighted by atomic mass is 10.1. The zero-order valence-electron chi connectivity index (χ0n) is 9.31. The van der Waals surface area contributed by atoms with Crippen molar-refractivity contribution in [2.75, 3.05) is 5.73 Å². The lowest BCUT2D eigenvalue weighted by Gasteiger charge is -2.09. The number of nitrogen functional groups attached to an aromatic ring is 1. The number of nitrogens with two attached hydrogens (primary N) is 1. The van der Waals surface area contributed by atoms with Crippen LogP contribution < -0.4 is 10.5 Å². The maximum atomic E-state index is 5.63. The van der Waals surface area contributed by atoms with Crippen LogP contribution in [-0.2, 0) is 0 Å². The van der Waals surface area contributed by atoms with Gasteiger partial charge in [0.15, 0.2) is 0 Å². The van der Waals surface area contributed by atoms with Gasteiger partial charge in [-0.2, -0.15) is 0 Å². The normalized spacial score (nSPS) is 10.7. The van der Waals surface area contributed by atoms with E-state index < -0.39 is 0 Å². The van der Waals surface area contributed by atoms with Crippen LogP contribution in [0.25, 0.3) is 11.1 Å². The van der Waals surface area contributed by atoms with Crippen LogP contribution in [0.2, 0.25) is 0 Å². The van der Waals surface area contributed by atoms with Gasteiger partial charge < -0.3 is 15.0 Å². The molecule has 0 spiro atoms. The fourth-order valence-electron chi connectivity index (χ4n) is 1.45. The van der Waals surface area contributed by atoms with Crippen LogP contribution in [0, 0.1) is 0 Å². The van der Waals surface area contributed by atoms with Crippen LogP contribution in [-0.4, -0.2) is 11.3 Å². The first-order chi connectivity index (χ1) is 7.66. The number of hydrogen-bond acceptors (Lipinski definition) is 4. The molecule has 0 radical (unpaired) electrons. The predicted molar refractivity (Wildman–Crippen MR) is 62.1 cm³/mol. The number of ether oxygens (including phenoxy) is 1. The minimum Gasteiger partial charge on any atom is -0.491 e. The number of aromatic nitrogens is 1. The summed E-state index contributed by atoms with van der Waals surface area (Å²) in [5, 5.41) is 3.64. The van der Waals surface area contributed by atoms with Gasteiger partial charge in [0.05, 0.1) is 17.9 Å². The molecule has 84 valence electrons. The second kappa shape index (κ2) is 4.26. The molecule has 0 aliphatic heterocycles. The lowest BCUT2D eigenvalue weighted by Crippen LogP contribution is -2.05. The van der Waals surface area contributed by atoms with Crippen LogP contribution in [0.3, 0.4) is 0 Å². The lowest BCUT2D eigenvalue weighted by molar-refractivity contribution is 0.242. The van der Waals surface area contributed by atoms with Crippen molar-refractivity contribution in [3.63, 3.8) is 0 Å². The summed E-state index contributed by atoms with van der Waals surface area (Å²) in [5.41, 5.74) is 7.40. The van der Waals surface area contributed by atoms with Crippen LogP contribution in [0.4, 0.5) is 5.88 Å². The Kier molecular flexibility index (Phi) is 2.81. The molecule has 0 unspecified atom stereocenters. The highest BCUT2D eigenvalue weighted by atomic mass is 16.5. The van der Waals surface area contributed by atoms with Crippen molar-refractivity contribution in [3.8, 4) is 16.9 Å². The van der Waals surface area contributed by atoms with E-state index in [1.807, 2.05) is 38.1 Å². The standard InChI is InChI=1S/C12H14N2O2/c1-8(2)15-10-5-3-9(4-6-10)11-7-14-16-12(11)13/h3-8H,13H2,1-2H3. The fourth-order valence-corrected chi connectivity index (χ4v) is 1.45. The summed E-state index contributed by atoms with van der Waals surface area (Å²) in [6.07, 6.45) is 1.78. The monoisotopic (exact) mass is 218 g/mol. The number of benzene rings is 1. The Bertz CT molecular complexity index is 460. The summed E-state index contributed by atoms with van der Waals surface area (Å²) in [7, 11) is 0. The Balaban J connectivity index is 2.23. The molecular formula is C12H14N2O2. The maximum absolute atomic E-state index is 5.63. The molecule has 0 aliphatic carbocycles. The third kappa shape index (κ3) is 2.16. The third-order valence-corrected chi connectivity index (χ3v) is 2.14. The minimum absolute atomic E-state index is 0.173. The van der Waals surface area contributed by atoms with Gasteiger partial charge in [-0.3, -0.25) is 0 Å². The zero-order valence-corrected chi connectivity index (χ0v) is 9.31. The highest BCUT2D eigenvalue weighted by Crippen LogP contribution is 2.27. The fraction of sp³-hybridized carbons (Fsp3) is 0.250. The predicted octanol–water partition coefficient (Wildman–Crippen LogP) is 2.71. The Morgan fingerprint density at radius 1 is 1.25 bits per heavy atom. The van der Waals surface area contributed by atoms with Crippen molar-refractivity contribution in [3.05, 3.63) is 30.5 Å². The van der Waals surface area contributed by atoms with E-state index in [1.165, 1.54) is 0 Å². The van der Waals surface area contributed by atoms with Crippen molar-refractivity contribution in [2.45, 2.75) is 20.0 Å². The van der Waals surface area contributed by atoms with Crippen LogP contribution in [0.1, 0.15) is 13.8 Å². The number of anilines is 1. The van der Waals surface area contributed by atoms with Crippen molar-refractivity contribution in [1.29, 1.82) is 0 Å². The van der Waals surface area contributed by atoms with E-state index in [0.717, 1.165) is 16.9 Å². The Morgan fingerprint density at radius 2 is 1.94 bits per heavy atom. The molecular weight excluding hydrogens is 204 g/mol. The van der Waals surface area contributed by atoms with Crippen molar-refractivity contribution >= 4 is 5.88 Å². The highest BCUT2D eigenvalue weighted by molar-refractivity contribution is 5.72. The average molecular weight is 218 g/mol. The number of rotatable bonds is 3. The van der Waals surface area contributed by atoms with Gasteiger partial charge >= 0.3 is 0 Å². The highest BCUT2D eigenvalue weighted by Gasteiger charge is 2.06. The van der Waals surface area contributed by atoms with Crippen molar-refractivity contribution < 1.29 is 9.26 Å². The van der Waals surface area contributed by atoms with E-state index in [2.05, 4.69) is 5.16 Å². The van der Waals surface area contributed by atoms with Gasteiger partial charge in [0, 0.05) is 0 Å². The first-order valence-corrected chi connectivity index (χ1v) is 5.14. The van der Waals surface area contributed by atoms with Crippen LogP contribution >= 0.6 is 0 Å². The quantitative estimate of drug-likeness (QED) is 0.860. The van der Waals surface area contributed by atoms with Gasteiger partial charge in [-0.05, 0) is 31.5 Å². The molecule has 0 bridgehead atoms. The van der Waals surface area contributed by atoms with E-state index in [4.69, 9.17) is 15.0 Å². The first-order valence-electron chi connectivity index (χ1n) is 5.14. The Hall–Kier alpha value is -1.97. The van der Waals surface area contributed by atoms with Gasteiger partial charge in [0.2, 0.25) is 5.88 Å². The summed E-state index contributed by atoms with van der Waals surface area (Å²) >= 11 is 0. The minimum atomic E-state index is 0.173. The van der Waals surface area contributed by atoms with Gasteiger partial charge in [-0.25, -0.2) is 0 Å². The largest absolute Gasteiger partial charge is 0.491 e. The molecule has 0 aliphatic rings. The Morgan fingerprint density at radius 3 is 2.44 bits per heavy atom. The van der Waals surface area contributed by atoms with Crippen LogP contribution in [0.15, 0.2) is 35.0 Å². The molecule has 4 nitrogen and oxygen atoms in total.